The molecule has 0 aromatic carbocycles. The van der Waals surface area contributed by atoms with Crippen LogP contribution in [0.4, 0.5) is 0 Å². The van der Waals surface area contributed by atoms with E-state index in [1.54, 1.807) is 11.3 Å². The van der Waals surface area contributed by atoms with Crippen LogP contribution in [0.1, 0.15) is 12.8 Å². The van der Waals surface area contributed by atoms with Crippen molar-refractivity contribution in [1.82, 2.24) is 5.32 Å². The Labute approximate surface area is 92.7 Å². The van der Waals surface area contributed by atoms with Gasteiger partial charge in [0.2, 0.25) is 0 Å². The number of hydrogen-bond acceptors (Lipinski definition) is 4. The minimum atomic E-state index is 0.245. The van der Waals surface area contributed by atoms with Gasteiger partial charge in [0.25, 0.3) is 0 Å². The van der Waals surface area contributed by atoms with Crippen molar-refractivity contribution in [2.24, 2.45) is 0 Å². The Hall–Kier alpha value is -0.0300. The van der Waals surface area contributed by atoms with Crippen molar-refractivity contribution < 1.29 is 5.11 Å². The van der Waals surface area contributed by atoms with Crippen LogP contribution in [0.3, 0.4) is 0 Å². The summed E-state index contributed by atoms with van der Waals surface area (Å²) in [6.45, 7) is 0.245. The summed E-state index contributed by atoms with van der Waals surface area (Å²) in [4.78, 5) is 0. The lowest BCUT2D eigenvalue weighted by Gasteiger charge is -2.14. The van der Waals surface area contributed by atoms with E-state index < -0.39 is 0 Å². The van der Waals surface area contributed by atoms with Crippen LogP contribution in [0.25, 0.3) is 0 Å². The fourth-order valence-electron chi connectivity index (χ4n) is 1.27. The molecule has 1 heterocycles. The lowest BCUT2D eigenvalue weighted by molar-refractivity contribution is 0.253. The summed E-state index contributed by atoms with van der Waals surface area (Å²) in [6.07, 6.45) is 2.56. The summed E-state index contributed by atoms with van der Waals surface area (Å²) in [5.74, 6) is 0.966. The Kier molecular flexibility index (Phi) is 3.87. The number of rotatable bonds is 6. The Morgan fingerprint density at radius 1 is 1.64 bits per heavy atom. The first-order chi connectivity index (χ1) is 6.88. The molecule has 1 aromatic heterocycles. The highest BCUT2D eigenvalue weighted by Gasteiger charge is 2.24. The van der Waals surface area contributed by atoms with E-state index in [1.807, 2.05) is 11.8 Å². The molecule has 2 N–H and O–H groups in total. The number of aliphatic hydroxyl groups excluding tert-OH is 1. The van der Waals surface area contributed by atoms with Gasteiger partial charge in [-0.3, -0.25) is 0 Å². The molecule has 1 aliphatic carbocycles. The quantitative estimate of drug-likeness (QED) is 0.731. The molecule has 4 heteroatoms. The fraction of sp³-hybridized carbons (Fsp3) is 0.600. The molecule has 0 radical (unpaired) electrons. The minimum Gasteiger partial charge on any atom is -0.395 e. The van der Waals surface area contributed by atoms with Gasteiger partial charge in [-0.1, -0.05) is 6.07 Å². The van der Waals surface area contributed by atoms with E-state index in [4.69, 9.17) is 5.11 Å². The van der Waals surface area contributed by atoms with Gasteiger partial charge in [0, 0.05) is 17.8 Å². The minimum absolute atomic E-state index is 0.245. The Bertz CT molecular complexity index is 259. The first-order valence-corrected chi connectivity index (χ1v) is 6.78. The number of aliphatic hydroxyl groups is 1. The Morgan fingerprint density at radius 3 is 3.07 bits per heavy atom. The molecule has 1 aliphatic rings. The SMILES string of the molecule is OCC(CSc1cccs1)NC1CC1. The molecule has 1 fully saturated rings. The Morgan fingerprint density at radius 2 is 2.50 bits per heavy atom. The van der Waals surface area contributed by atoms with Crippen LogP contribution >= 0.6 is 23.1 Å². The summed E-state index contributed by atoms with van der Waals surface area (Å²) >= 11 is 3.59. The predicted octanol–water partition coefficient (Wildman–Crippen LogP) is 1.95. The largest absolute Gasteiger partial charge is 0.395 e. The van der Waals surface area contributed by atoms with E-state index in [0.29, 0.717) is 6.04 Å². The molecule has 1 unspecified atom stereocenters. The molecule has 2 nitrogen and oxygen atoms in total. The van der Waals surface area contributed by atoms with Crippen molar-refractivity contribution in [2.45, 2.75) is 29.1 Å². The van der Waals surface area contributed by atoms with Crippen molar-refractivity contribution in [3.8, 4) is 0 Å². The van der Waals surface area contributed by atoms with Gasteiger partial charge < -0.3 is 10.4 Å². The standard InChI is InChI=1S/C10H15NOS2/c12-6-9(11-8-3-4-8)7-14-10-2-1-5-13-10/h1-2,5,8-9,11-12H,3-4,6-7H2. The van der Waals surface area contributed by atoms with Crippen LogP contribution < -0.4 is 5.32 Å². The van der Waals surface area contributed by atoms with Crippen LogP contribution in [0, 0.1) is 0 Å². The monoisotopic (exact) mass is 229 g/mol. The van der Waals surface area contributed by atoms with E-state index in [1.165, 1.54) is 17.1 Å². The smallest absolute Gasteiger partial charge is 0.0599 e. The maximum Gasteiger partial charge on any atom is 0.0599 e. The highest BCUT2D eigenvalue weighted by Crippen LogP contribution is 2.25. The van der Waals surface area contributed by atoms with Gasteiger partial charge in [-0.15, -0.1) is 23.1 Å². The molecule has 1 saturated carbocycles. The van der Waals surface area contributed by atoms with Crippen LogP contribution in [-0.2, 0) is 0 Å². The summed E-state index contributed by atoms with van der Waals surface area (Å²) < 4.78 is 1.33. The van der Waals surface area contributed by atoms with Gasteiger partial charge in [-0.2, -0.15) is 0 Å². The van der Waals surface area contributed by atoms with Crippen LogP contribution in [0.15, 0.2) is 21.7 Å². The summed E-state index contributed by atoms with van der Waals surface area (Å²) in [6, 6.07) is 5.13. The first-order valence-electron chi connectivity index (χ1n) is 4.91. The van der Waals surface area contributed by atoms with Gasteiger partial charge in [-0.05, 0) is 24.3 Å². The third kappa shape index (κ3) is 3.28. The molecule has 0 bridgehead atoms. The molecular formula is C10H15NOS2. The molecule has 0 spiro atoms. The summed E-state index contributed by atoms with van der Waals surface area (Å²) in [5.41, 5.74) is 0. The van der Waals surface area contributed by atoms with Crippen LogP contribution in [0.2, 0.25) is 0 Å². The Balaban J connectivity index is 1.71. The predicted molar refractivity (Wildman–Crippen MR) is 62.1 cm³/mol. The van der Waals surface area contributed by atoms with E-state index in [0.717, 1.165) is 5.75 Å². The van der Waals surface area contributed by atoms with E-state index >= 15 is 0 Å². The van der Waals surface area contributed by atoms with Crippen molar-refractivity contribution in [3.05, 3.63) is 17.5 Å². The number of hydrogen-bond donors (Lipinski definition) is 2. The van der Waals surface area contributed by atoms with Crippen molar-refractivity contribution in [2.75, 3.05) is 12.4 Å². The molecule has 0 aliphatic heterocycles. The summed E-state index contributed by atoms with van der Waals surface area (Å²) in [5, 5.41) is 14.7. The molecule has 1 aromatic rings. The van der Waals surface area contributed by atoms with E-state index in [9.17, 15) is 0 Å². The normalized spacial score (nSPS) is 18.4. The third-order valence-electron chi connectivity index (χ3n) is 2.19. The zero-order chi connectivity index (χ0) is 9.80. The van der Waals surface area contributed by atoms with Crippen LogP contribution in [-0.4, -0.2) is 29.5 Å². The van der Waals surface area contributed by atoms with Gasteiger partial charge in [0.05, 0.1) is 10.8 Å². The highest BCUT2D eigenvalue weighted by molar-refractivity contribution is 8.01. The van der Waals surface area contributed by atoms with Crippen molar-refractivity contribution >= 4 is 23.1 Å². The molecule has 0 amide bonds. The van der Waals surface area contributed by atoms with Gasteiger partial charge in [0.1, 0.15) is 0 Å². The van der Waals surface area contributed by atoms with Gasteiger partial charge in [0.15, 0.2) is 0 Å². The van der Waals surface area contributed by atoms with Crippen LogP contribution in [0.5, 0.6) is 0 Å². The highest BCUT2D eigenvalue weighted by atomic mass is 32.2. The topological polar surface area (TPSA) is 32.3 Å². The molecule has 14 heavy (non-hydrogen) atoms. The first kappa shape index (κ1) is 10.5. The van der Waals surface area contributed by atoms with Crippen molar-refractivity contribution in [1.29, 1.82) is 0 Å². The maximum absolute atomic E-state index is 9.16. The number of thioether (sulfide) groups is 1. The molecule has 1 atom stereocenters. The molecular weight excluding hydrogens is 214 g/mol. The third-order valence-corrected chi connectivity index (χ3v) is 4.48. The number of thiophene rings is 1. The van der Waals surface area contributed by atoms with Gasteiger partial charge in [-0.25, -0.2) is 0 Å². The average Bonchev–Trinajstić information content (AvgIpc) is 2.86. The lowest BCUT2D eigenvalue weighted by atomic mass is 10.3. The fourth-order valence-corrected chi connectivity index (χ4v) is 3.10. The van der Waals surface area contributed by atoms with E-state index in [-0.39, 0.29) is 12.6 Å². The summed E-state index contributed by atoms with van der Waals surface area (Å²) in [7, 11) is 0. The molecule has 2 rings (SSSR count). The second-order valence-electron chi connectivity index (χ2n) is 3.56. The molecule has 78 valence electrons. The maximum atomic E-state index is 9.16. The van der Waals surface area contributed by atoms with Crippen molar-refractivity contribution in [3.63, 3.8) is 0 Å². The lowest BCUT2D eigenvalue weighted by Crippen LogP contribution is -2.36. The average molecular weight is 229 g/mol. The zero-order valence-electron chi connectivity index (χ0n) is 7.98. The van der Waals surface area contributed by atoms with Gasteiger partial charge >= 0.3 is 0 Å². The molecule has 0 saturated heterocycles. The van der Waals surface area contributed by atoms with E-state index in [2.05, 4.69) is 22.8 Å². The number of nitrogens with one attached hydrogen (secondary N) is 1. The second kappa shape index (κ2) is 5.16. The zero-order valence-corrected chi connectivity index (χ0v) is 9.61. The second-order valence-corrected chi connectivity index (χ2v) is 5.83.